The Labute approximate surface area is 198 Å². The van der Waals surface area contributed by atoms with E-state index in [2.05, 4.69) is 9.97 Å². The molecule has 0 atom stereocenters. The minimum atomic E-state index is -0.628. The summed E-state index contributed by atoms with van der Waals surface area (Å²) in [5.41, 5.74) is -0.152. The van der Waals surface area contributed by atoms with Crippen molar-refractivity contribution in [1.29, 1.82) is 0 Å². The molecule has 3 heterocycles. The molecule has 7 nitrogen and oxygen atoms in total. The van der Waals surface area contributed by atoms with Gasteiger partial charge in [-0.1, -0.05) is 13.8 Å². The van der Waals surface area contributed by atoms with Crippen LogP contribution in [0.3, 0.4) is 0 Å². The van der Waals surface area contributed by atoms with E-state index in [1.54, 1.807) is 24.8 Å². The van der Waals surface area contributed by atoms with Crippen LogP contribution in [0.5, 0.6) is 5.75 Å². The first-order chi connectivity index (χ1) is 16.0. The average Bonchev–Trinajstić information content (AvgIpc) is 2.83. The highest BCUT2D eigenvalue weighted by Crippen LogP contribution is 2.26. The average molecular weight is 480 g/mol. The highest BCUT2D eigenvalue weighted by Gasteiger charge is 2.22. The number of nitrogens with one attached hydrogen (secondary N) is 1. The van der Waals surface area contributed by atoms with Crippen molar-refractivity contribution in [3.63, 3.8) is 0 Å². The number of amides is 1. The molecule has 1 aromatic carbocycles. The fourth-order valence-electron chi connectivity index (χ4n) is 4.07. The predicted molar refractivity (Wildman–Crippen MR) is 129 cm³/mol. The Morgan fingerprint density at radius 1 is 1.24 bits per heavy atom. The molecule has 0 spiro atoms. The molecule has 0 radical (unpaired) electrons. The maximum Gasteiger partial charge on any atom is 0.261 e. The molecular weight excluding hydrogens is 445 g/mol. The van der Waals surface area contributed by atoms with Crippen molar-refractivity contribution < 1.29 is 18.7 Å². The van der Waals surface area contributed by atoms with E-state index in [-0.39, 0.29) is 11.3 Å². The molecule has 1 N–H and O–H groups in total. The van der Waals surface area contributed by atoms with Crippen LogP contribution in [0.25, 0.3) is 10.9 Å². The molecule has 1 amide bonds. The number of benzene rings is 1. The lowest BCUT2D eigenvalue weighted by molar-refractivity contribution is -0.130. The third-order valence-electron chi connectivity index (χ3n) is 5.95. The van der Waals surface area contributed by atoms with Gasteiger partial charge in [0.25, 0.3) is 5.56 Å². The number of nitrogens with zero attached hydrogens (tertiary/aromatic N) is 2. The van der Waals surface area contributed by atoms with E-state index in [1.807, 2.05) is 18.7 Å². The van der Waals surface area contributed by atoms with Crippen molar-refractivity contribution >= 4 is 28.6 Å². The van der Waals surface area contributed by atoms with Gasteiger partial charge in [-0.05, 0) is 31.6 Å². The van der Waals surface area contributed by atoms with Crippen LogP contribution in [-0.2, 0) is 15.3 Å². The zero-order chi connectivity index (χ0) is 23.8. The van der Waals surface area contributed by atoms with Crippen LogP contribution in [0.1, 0.15) is 52.3 Å². The van der Waals surface area contributed by atoms with Crippen LogP contribution >= 0.6 is 11.8 Å². The number of carbonyl (C=O) groups is 1. The Bertz CT molecular complexity index is 986. The second-order valence-corrected chi connectivity index (χ2v) is 9.48. The number of likely N-dealkylation sites (tertiary alicyclic amines) is 1. The van der Waals surface area contributed by atoms with Gasteiger partial charge in [0, 0.05) is 50.6 Å². The zero-order valence-electron chi connectivity index (χ0n) is 19.7. The van der Waals surface area contributed by atoms with E-state index in [1.165, 1.54) is 6.07 Å². The first-order valence-electron chi connectivity index (χ1n) is 11.8. The molecule has 2 aliphatic heterocycles. The van der Waals surface area contributed by atoms with Crippen LogP contribution in [-0.4, -0.2) is 58.9 Å². The van der Waals surface area contributed by atoms with E-state index < -0.39 is 11.4 Å². The van der Waals surface area contributed by atoms with E-state index in [9.17, 15) is 14.0 Å². The predicted octanol–water partition coefficient (Wildman–Crippen LogP) is 4.14. The van der Waals surface area contributed by atoms with Gasteiger partial charge in [0.05, 0.1) is 17.9 Å². The summed E-state index contributed by atoms with van der Waals surface area (Å²) < 4.78 is 25.8. The first-order valence-corrected chi connectivity index (χ1v) is 12.8. The van der Waals surface area contributed by atoms with Gasteiger partial charge >= 0.3 is 0 Å². The van der Waals surface area contributed by atoms with E-state index in [0.717, 1.165) is 52.0 Å². The number of aromatic nitrogens is 2. The number of ether oxygens (including phenoxy) is 2. The first kappa shape index (κ1) is 25.5. The number of thioether (sulfide) groups is 1. The van der Waals surface area contributed by atoms with Crippen molar-refractivity contribution in [3.05, 3.63) is 34.1 Å². The largest absolute Gasteiger partial charge is 0.493 e. The molecule has 2 saturated heterocycles. The normalized spacial score (nSPS) is 17.5. The van der Waals surface area contributed by atoms with E-state index in [0.29, 0.717) is 40.6 Å². The number of hydrogen-bond donors (Lipinski definition) is 1. The van der Waals surface area contributed by atoms with Gasteiger partial charge in [-0.15, -0.1) is 0 Å². The molecule has 2 aliphatic rings. The van der Waals surface area contributed by atoms with Gasteiger partial charge < -0.3 is 19.4 Å². The maximum absolute atomic E-state index is 14.6. The van der Waals surface area contributed by atoms with Gasteiger partial charge in [-0.25, -0.2) is 9.37 Å². The number of fused-ring (bicyclic) bond motifs is 1. The van der Waals surface area contributed by atoms with E-state index >= 15 is 0 Å². The van der Waals surface area contributed by atoms with Crippen LogP contribution in [0.15, 0.2) is 16.9 Å². The fourth-order valence-corrected chi connectivity index (χ4v) is 5.12. The van der Waals surface area contributed by atoms with E-state index in [4.69, 9.17) is 9.47 Å². The molecule has 1 aromatic heterocycles. The van der Waals surface area contributed by atoms with Gasteiger partial charge in [0.2, 0.25) is 5.91 Å². The van der Waals surface area contributed by atoms with Gasteiger partial charge in [-0.3, -0.25) is 9.59 Å². The lowest BCUT2D eigenvalue weighted by Gasteiger charge is -2.31. The van der Waals surface area contributed by atoms with Crippen molar-refractivity contribution in [3.8, 4) is 5.75 Å². The van der Waals surface area contributed by atoms with Crippen LogP contribution < -0.4 is 10.3 Å². The Morgan fingerprint density at radius 2 is 1.94 bits per heavy atom. The SMILES string of the molecule is CC.CC(=O)N1CCC(COc2cc(F)c3c(=O)[nH]c(CSC4CCOCC4)nc3c2)CC1. The molecule has 0 bridgehead atoms. The lowest BCUT2D eigenvalue weighted by atomic mass is 9.98. The molecule has 2 fully saturated rings. The summed E-state index contributed by atoms with van der Waals surface area (Å²) in [6.45, 7) is 9.01. The standard InChI is InChI=1S/C22H28FN3O4S.C2H6/c1-14(27)26-6-2-15(3-7-26)12-30-16-10-18(23)21-19(11-16)24-20(25-22(21)28)13-31-17-4-8-29-9-5-17;1-2/h10-11,15,17H,2-9,12-13H2,1H3,(H,24,25,28);1-2H3. The number of aromatic amines is 1. The summed E-state index contributed by atoms with van der Waals surface area (Å²) in [7, 11) is 0. The number of H-pyrrole nitrogens is 1. The second-order valence-electron chi connectivity index (χ2n) is 8.20. The summed E-state index contributed by atoms with van der Waals surface area (Å²) in [5.74, 6) is 1.27. The van der Waals surface area contributed by atoms with Crippen molar-refractivity contribution in [2.45, 2.75) is 57.5 Å². The van der Waals surface area contributed by atoms with Gasteiger partial charge in [-0.2, -0.15) is 11.8 Å². The summed E-state index contributed by atoms with van der Waals surface area (Å²) >= 11 is 1.74. The van der Waals surface area contributed by atoms with Crippen molar-refractivity contribution in [2.75, 3.05) is 32.9 Å². The third-order valence-corrected chi connectivity index (χ3v) is 7.34. The Balaban J connectivity index is 0.00000149. The molecule has 2 aromatic rings. The number of rotatable bonds is 6. The Kier molecular flexibility index (Phi) is 9.55. The molecule has 0 aliphatic carbocycles. The summed E-state index contributed by atoms with van der Waals surface area (Å²) in [6, 6.07) is 2.89. The highest BCUT2D eigenvalue weighted by molar-refractivity contribution is 7.99. The number of halogens is 1. The second kappa shape index (κ2) is 12.4. The smallest absolute Gasteiger partial charge is 0.261 e. The number of piperidine rings is 1. The van der Waals surface area contributed by atoms with Crippen molar-refractivity contribution in [1.82, 2.24) is 14.9 Å². The number of carbonyl (C=O) groups excluding carboxylic acids is 1. The molecule has 0 saturated carbocycles. The van der Waals surface area contributed by atoms with Gasteiger partial charge in [0.15, 0.2) is 0 Å². The lowest BCUT2D eigenvalue weighted by Crippen LogP contribution is -2.38. The summed E-state index contributed by atoms with van der Waals surface area (Å²) in [5, 5.41) is 0.442. The Morgan fingerprint density at radius 3 is 2.61 bits per heavy atom. The van der Waals surface area contributed by atoms with Crippen molar-refractivity contribution in [2.24, 2.45) is 5.92 Å². The molecule has 33 heavy (non-hydrogen) atoms. The molecule has 182 valence electrons. The van der Waals surface area contributed by atoms with Gasteiger partial charge in [0.1, 0.15) is 22.8 Å². The minimum Gasteiger partial charge on any atom is -0.493 e. The molecule has 0 unspecified atom stereocenters. The number of hydrogen-bond acceptors (Lipinski definition) is 6. The maximum atomic E-state index is 14.6. The molecule has 9 heteroatoms. The highest BCUT2D eigenvalue weighted by atomic mass is 32.2. The topological polar surface area (TPSA) is 84.5 Å². The fraction of sp³-hybridized carbons (Fsp3) is 0.625. The molecule has 4 rings (SSSR count). The minimum absolute atomic E-state index is 0.0399. The third kappa shape index (κ3) is 6.93. The Hall–Kier alpha value is -2.13. The summed E-state index contributed by atoms with van der Waals surface area (Å²) in [4.78, 5) is 32.9. The monoisotopic (exact) mass is 479 g/mol. The van der Waals surface area contributed by atoms with Crippen LogP contribution in [0.4, 0.5) is 4.39 Å². The zero-order valence-corrected chi connectivity index (χ0v) is 20.5. The molecular formula is C24H34FN3O4S. The quantitative estimate of drug-likeness (QED) is 0.670. The summed E-state index contributed by atoms with van der Waals surface area (Å²) in [6.07, 6.45) is 3.70. The van der Waals surface area contributed by atoms with Crippen LogP contribution in [0.2, 0.25) is 0 Å². The van der Waals surface area contributed by atoms with Crippen LogP contribution in [0, 0.1) is 11.7 Å².